The van der Waals surface area contributed by atoms with Gasteiger partial charge >= 0.3 is 0 Å². The molecule has 0 aromatic heterocycles. The van der Waals surface area contributed by atoms with E-state index in [1.165, 1.54) is 24.0 Å². The molecule has 0 fully saturated rings. The third-order valence-electron chi connectivity index (χ3n) is 4.66. The van der Waals surface area contributed by atoms with Crippen molar-refractivity contribution in [1.29, 1.82) is 0 Å². The first-order valence-electron chi connectivity index (χ1n) is 8.82. The molecule has 3 heteroatoms. The minimum atomic E-state index is -0.480. The van der Waals surface area contributed by atoms with Gasteiger partial charge in [0.1, 0.15) is 5.75 Å². The van der Waals surface area contributed by atoms with Crippen LogP contribution in [0.4, 0.5) is 5.69 Å². The summed E-state index contributed by atoms with van der Waals surface area (Å²) in [5.41, 5.74) is 4.68. The average Bonchev–Trinajstić information content (AvgIpc) is 2.61. The largest absolute Gasteiger partial charge is 0.481 e. The van der Waals surface area contributed by atoms with Crippen LogP contribution in [-0.4, -0.2) is 12.0 Å². The van der Waals surface area contributed by atoms with Crippen LogP contribution in [0.15, 0.2) is 42.5 Å². The number of hydrogen-bond donors (Lipinski definition) is 1. The van der Waals surface area contributed by atoms with Crippen LogP contribution in [0.3, 0.4) is 0 Å². The molecule has 0 saturated carbocycles. The Morgan fingerprint density at radius 3 is 2.62 bits per heavy atom. The zero-order valence-electron chi connectivity index (χ0n) is 14.5. The van der Waals surface area contributed by atoms with Gasteiger partial charge in [-0.05, 0) is 73.9 Å². The van der Waals surface area contributed by atoms with E-state index in [4.69, 9.17) is 4.74 Å². The summed E-state index contributed by atoms with van der Waals surface area (Å²) in [6, 6.07) is 14.0. The van der Waals surface area contributed by atoms with Gasteiger partial charge in [0.05, 0.1) is 0 Å². The molecular weight excluding hydrogens is 298 g/mol. The Morgan fingerprint density at radius 1 is 1.12 bits per heavy atom. The van der Waals surface area contributed by atoms with Crippen LogP contribution in [-0.2, 0) is 17.6 Å². The molecule has 1 unspecified atom stereocenters. The molecular formula is C21H25NO2. The smallest absolute Gasteiger partial charge is 0.265 e. The maximum absolute atomic E-state index is 12.6. The van der Waals surface area contributed by atoms with E-state index in [1.54, 1.807) is 0 Å². The standard InChI is InChI=1S/C21H25NO2/c1-3-20(21(23)22-19-11-7-4-8-15(19)2)24-18-13-12-16-9-5-6-10-17(16)14-18/h4,7-8,11-14,20H,3,5-6,9-10H2,1-2H3,(H,22,23). The molecule has 0 bridgehead atoms. The van der Waals surface area contributed by atoms with Gasteiger partial charge in [0.15, 0.2) is 6.10 Å². The summed E-state index contributed by atoms with van der Waals surface area (Å²) < 4.78 is 5.99. The molecule has 0 saturated heterocycles. The summed E-state index contributed by atoms with van der Waals surface area (Å²) in [6.45, 7) is 3.96. The lowest BCUT2D eigenvalue weighted by Crippen LogP contribution is -2.32. The Morgan fingerprint density at radius 2 is 1.88 bits per heavy atom. The Labute approximate surface area is 144 Å². The van der Waals surface area contributed by atoms with Crippen molar-refractivity contribution in [2.75, 3.05) is 5.32 Å². The number of carbonyl (C=O) groups excluding carboxylic acids is 1. The van der Waals surface area contributed by atoms with Gasteiger partial charge in [-0.2, -0.15) is 0 Å². The summed E-state index contributed by atoms with van der Waals surface area (Å²) in [6.07, 6.45) is 4.92. The normalized spacial score (nSPS) is 14.6. The first-order valence-corrected chi connectivity index (χ1v) is 8.82. The van der Waals surface area contributed by atoms with Crippen molar-refractivity contribution in [3.05, 3.63) is 59.2 Å². The predicted molar refractivity (Wildman–Crippen MR) is 97.6 cm³/mol. The summed E-state index contributed by atoms with van der Waals surface area (Å²) >= 11 is 0. The molecule has 126 valence electrons. The monoisotopic (exact) mass is 323 g/mol. The molecule has 1 amide bonds. The van der Waals surface area contributed by atoms with Gasteiger partial charge in [-0.15, -0.1) is 0 Å². The second-order valence-electron chi connectivity index (χ2n) is 6.46. The first kappa shape index (κ1) is 16.6. The fraction of sp³-hybridized carbons (Fsp3) is 0.381. The fourth-order valence-electron chi connectivity index (χ4n) is 3.20. The Balaban J connectivity index is 1.70. The second kappa shape index (κ2) is 7.52. The number of para-hydroxylation sites is 1. The third-order valence-corrected chi connectivity index (χ3v) is 4.66. The molecule has 0 heterocycles. The molecule has 24 heavy (non-hydrogen) atoms. The highest BCUT2D eigenvalue weighted by atomic mass is 16.5. The fourth-order valence-corrected chi connectivity index (χ4v) is 3.20. The topological polar surface area (TPSA) is 38.3 Å². The van der Waals surface area contributed by atoms with Crippen LogP contribution in [0.25, 0.3) is 0 Å². The molecule has 0 spiro atoms. The van der Waals surface area contributed by atoms with E-state index in [0.717, 1.165) is 29.8 Å². The van der Waals surface area contributed by atoms with Crippen LogP contribution in [0.1, 0.15) is 42.9 Å². The molecule has 0 radical (unpaired) electrons. The number of benzene rings is 2. The number of amides is 1. The lowest BCUT2D eigenvalue weighted by atomic mass is 9.92. The Kier molecular flexibility index (Phi) is 5.19. The summed E-state index contributed by atoms with van der Waals surface area (Å²) in [5.74, 6) is 0.701. The maximum atomic E-state index is 12.6. The number of nitrogens with one attached hydrogen (secondary N) is 1. The zero-order chi connectivity index (χ0) is 16.9. The highest BCUT2D eigenvalue weighted by Crippen LogP contribution is 2.26. The van der Waals surface area contributed by atoms with E-state index in [9.17, 15) is 4.79 Å². The Bertz CT molecular complexity index is 724. The maximum Gasteiger partial charge on any atom is 0.265 e. The van der Waals surface area contributed by atoms with Gasteiger partial charge in [-0.25, -0.2) is 0 Å². The SMILES string of the molecule is CCC(Oc1ccc2c(c1)CCCC2)C(=O)Nc1ccccc1C. The Hall–Kier alpha value is -2.29. The van der Waals surface area contributed by atoms with E-state index in [0.29, 0.717) is 6.42 Å². The minimum absolute atomic E-state index is 0.0930. The number of ether oxygens (including phenoxy) is 1. The first-order chi connectivity index (χ1) is 11.7. The van der Waals surface area contributed by atoms with Gasteiger partial charge in [0.2, 0.25) is 0 Å². The van der Waals surface area contributed by atoms with Crippen molar-refractivity contribution in [3.63, 3.8) is 0 Å². The van der Waals surface area contributed by atoms with Crippen molar-refractivity contribution >= 4 is 11.6 Å². The van der Waals surface area contributed by atoms with Gasteiger partial charge in [-0.3, -0.25) is 4.79 Å². The molecule has 1 atom stereocenters. The minimum Gasteiger partial charge on any atom is -0.481 e. The van der Waals surface area contributed by atoms with Crippen molar-refractivity contribution in [3.8, 4) is 5.75 Å². The highest BCUT2D eigenvalue weighted by molar-refractivity contribution is 5.95. The average molecular weight is 323 g/mol. The van der Waals surface area contributed by atoms with E-state index < -0.39 is 6.10 Å². The van der Waals surface area contributed by atoms with E-state index >= 15 is 0 Å². The number of carbonyl (C=O) groups is 1. The number of anilines is 1. The molecule has 1 aliphatic rings. The highest BCUT2D eigenvalue weighted by Gasteiger charge is 2.20. The third kappa shape index (κ3) is 3.78. The van der Waals surface area contributed by atoms with E-state index in [1.807, 2.05) is 44.2 Å². The molecule has 2 aromatic rings. The van der Waals surface area contributed by atoms with Gasteiger partial charge in [-0.1, -0.05) is 31.2 Å². The lowest BCUT2D eigenvalue weighted by Gasteiger charge is -2.20. The molecule has 0 aliphatic heterocycles. The van der Waals surface area contributed by atoms with Crippen LogP contribution >= 0.6 is 0 Å². The number of rotatable bonds is 5. The van der Waals surface area contributed by atoms with E-state index in [-0.39, 0.29) is 5.91 Å². The van der Waals surface area contributed by atoms with Crippen molar-refractivity contribution < 1.29 is 9.53 Å². The van der Waals surface area contributed by atoms with E-state index in [2.05, 4.69) is 17.4 Å². The van der Waals surface area contributed by atoms with Crippen LogP contribution < -0.4 is 10.1 Å². The molecule has 2 aromatic carbocycles. The van der Waals surface area contributed by atoms with Crippen molar-refractivity contribution in [2.24, 2.45) is 0 Å². The number of aryl methyl sites for hydroxylation is 3. The van der Waals surface area contributed by atoms with Gasteiger partial charge in [0, 0.05) is 5.69 Å². The van der Waals surface area contributed by atoms with Gasteiger partial charge < -0.3 is 10.1 Å². The quantitative estimate of drug-likeness (QED) is 0.868. The van der Waals surface area contributed by atoms with Crippen molar-refractivity contribution in [2.45, 2.75) is 52.1 Å². The molecule has 1 aliphatic carbocycles. The number of hydrogen-bond acceptors (Lipinski definition) is 2. The summed E-state index contributed by atoms with van der Waals surface area (Å²) in [5, 5.41) is 2.98. The number of fused-ring (bicyclic) bond motifs is 1. The molecule has 3 nitrogen and oxygen atoms in total. The second-order valence-corrected chi connectivity index (χ2v) is 6.46. The summed E-state index contributed by atoms with van der Waals surface area (Å²) in [7, 11) is 0. The lowest BCUT2D eigenvalue weighted by molar-refractivity contribution is -0.122. The predicted octanol–water partition coefficient (Wildman–Crippen LogP) is 4.67. The zero-order valence-corrected chi connectivity index (χ0v) is 14.5. The molecule has 1 N–H and O–H groups in total. The van der Waals surface area contributed by atoms with Crippen LogP contribution in [0, 0.1) is 6.92 Å². The van der Waals surface area contributed by atoms with Gasteiger partial charge in [0.25, 0.3) is 5.91 Å². The van der Waals surface area contributed by atoms with Crippen molar-refractivity contribution in [1.82, 2.24) is 0 Å². The van der Waals surface area contributed by atoms with Crippen LogP contribution in [0.2, 0.25) is 0 Å². The molecule has 3 rings (SSSR count). The summed E-state index contributed by atoms with van der Waals surface area (Å²) in [4.78, 5) is 12.6. The van der Waals surface area contributed by atoms with Crippen LogP contribution in [0.5, 0.6) is 5.75 Å².